The van der Waals surface area contributed by atoms with Gasteiger partial charge in [-0.3, -0.25) is 4.98 Å². The Hall–Kier alpha value is 0.0969. The van der Waals surface area contributed by atoms with Crippen LogP contribution in [0.1, 0.15) is 60.3 Å². The molecule has 0 atom stereocenters. The molecule has 17 heavy (non-hydrogen) atoms. The zero-order valence-electron chi connectivity index (χ0n) is 12.1. The first-order valence-corrected chi connectivity index (χ1v) is 8.82. The fraction of sp³-hybridized carbons (Fsp3) is 1.00. The maximum Gasteiger partial charge on any atom is 0.430 e. The molecule has 0 saturated heterocycles. The van der Waals surface area contributed by atoms with Gasteiger partial charge in [-0.2, -0.15) is 0 Å². The summed E-state index contributed by atoms with van der Waals surface area (Å²) in [7, 11) is -2.31. The lowest BCUT2D eigenvalue weighted by Crippen LogP contribution is -2.64. The molecule has 1 N–H and O–H groups in total. The van der Waals surface area contributed by atoms with Crippen molar-refractivity contribution in [2.75, 3.05) is 13.2 Å². The van der Waals surface area contributed by atoms with E-state index in [1.165, 1.54) is 25.7 Å². The van der Waals surface area contributed by atoms with Crippen molar-refractivity contribution >= 4 is 8.72 Å². The zero-order valence-corrected chi connectivity index (χ0v) is 13.1. The van der Waals surface area contributed by atoms with Crippen LogP contribution in [0.15, 0.2) is 0 Å². The fourth-order valence-corrected chi connectivity index (χ4v) is 5.71. The van der Waals surface area contributed by atoms with Gasteiger partial charge in [0.15, 0.2) is 0 Å². The van der Waals surface area contributed by atoms with Crippen LogP contribution in [0.5, 0.6) is 0 Å². The maximum atomic E-state index is 6.10. The van der Waals surface area contributed by atoms with Crippen LogP contribution in [0.2, 0.25) is 5.04 Å². The van der Waals surface area contributed by atoms with Crippen molar-refractivity contribution < 1.29 is 8.85 Å². The summed E-state index contributed by atoms with van der Waals surface area (Å²) in [4.78, 5) is 3.77. The summed E-state index contributed by atoms with van der Waals surface area (Å²) in [5.74, 6) is 0. The molecule has 1 aliphatic rings. The average molecular weight is 259 g/mol. The Labute approximate surface area is 108 Å². The van der Waals surface area contributed by atoms with Gasteiger partial charge in [-0.05, 0) is 26.7 Å². The first-order chi connectivity index (χ1) is 7.95. The topological polar surface area (TPSA) is 30.5 Å². The Kier molecular flexibility index (Phi) is 5.63. The third-order valence-electron chi connectivity index (χ3n) is 3.43. The summed E-state index contributed by atoms with van der Waals surface area (Å²) in [6, 6.07) is 0.596. The second-order valence-electron chi connectivity index (χ2n) is 5.86. The molecule has 0 unspecified atom stereocenters. The van der Waals surface area contributed by atoms with E-state index in [4.69, 9.17) is 8.85 Å². The van der Waals surface area contributed by atoms with Crippen molar-refractivity contribution in [3.8, 4) is 0 Å². The Morgan fingerprint density at radius 2 is 1.53 bits per heavy atom. The van der Waals surface area contributed by atoms with Crippen LogP contribution in [0, 0.1) is 0 Å². The number of hydrogen-bond acceptors (Lipinski definition) is 3. The molecule has 1 rings (SSSR count). The molecule has 0 radical (unpaired) electrons. The van der Waals surface area contributed by atoms with Crippen LogP contribution in [0.4, 0.5) is 0 Å². The highest BCUT2D eigenvalue weighted by Crippen LogP contribution is 2.37. The molecule has 3 nitrogen and oxygen atoms in total. The van der Waals surface area contributed by atoms with Gasteiger partial charge in [0.2, 0.25) is 0 Å². The molecular formula is C13H29NO2Si. The van der Waals surface area contributed by atoms with E-state index in [0.29, 0.717) is 6.04 Å². The second kappa shape index (κ2) is 6.32. The molecule has 1 aliphatic carbocycles. The molecule has 0 aliphatic heterocycles. The van der Waals surface area contributed by atoms with Crippen molar-refractivity contribution in [3.63, 3.8) is 0 Å². The summed E-state index contributed by atoms with van der Waals surface area (Å²) >= 11 is 0. The molecule has 102 valence electrons. The normalized spacial score (nSPS) is 18.9. The van der Waals surface area contributed by atoms with Crippen molar-refractivity contribution in [2.24, 2.45) is 0 Å². The van der Waals surface area contributed by atoms with Crippen molar-refractivity contribution in [1.82, 2.24) is 4.98 Å². The quantitative estimate of drug-likeness (QED) is 0.742. The molecule has 0 amide bonds. The van der Waals surface area contributed by atoms with Crippen LogP contribution in [0.25, 0.3) is 0 Å². The Bertz CT molecular complexity index is 216. The standard InChI is InChI=1S/C13H29NO2Si/c1-6-15-17(16-7-2,13(3,4)5)14-12-10-8-9-11-12/h12,14H,6-11H2,1-5H3. The second-order valence-corrected chi connectivity index (χ2v) is 9.46. The lowest BCUT2D eigenvalue weighted by atomic mass is 10.2. The first-order valence-electron chi connectivity index (χ1n) is 7.00. The van der Waals surface area contributed by atoms with Crippen LogP contribution in [-0.4, -0.2) is 28.0 Å². The summed E-state index contributed by atoms with van der Waals surface area (Å²) in [6.45, 7) is 12.3. The van der Waals surface area contributed by atoms with Gasteiger partial charge in [-0.1, -0.05) is 33.6 Å². The van der Waals surface area contributed by atoms with Crippen LogP contribution < -0.4 is 4.98 Å². The predicted octanol–water partition coefficient (Wildman–Crippen LogP) is 3.33. The number of hydrogen-bond donors (Lipinski definition) is 1. The predicted molar refractivity (Wildman–Crippen MR) is 74.1 cm³/mol. The van der Waals surface area contributed by atoms with E-state index in [9.17, 15) is 0 Å². The Morgan fingerprint density at radius 3 is 1.88 bits per heavy atom. The molecule has 1 saturated carbocycles. The van der Waals surface area contributed by atoms with Gasteiger partial charge in [-0.25, -0.2) is 0 Å². The first kappa shape index (κ1) is 15.2. The van der Waals surface area contributed by atoms with E-state index in [1.54, 1.807) is 0 Å². The third-order valence-corrected chi connectivity index (χ3v) is 7.59. The highest BCUT2D eigenvalue weighted by molar-refractivity contribution is 6.68. The number of rotatable bonds is 6. The van der Waals surface area contributed by atoms with Gasteiger partial charge in [0.1, 0.15) is 0 Å². The Morgan fingerprint density at radius 1 is 1.06 bits per heavy atom. The average Bonchev–Trinajstić information content (AvgIpc) is 2.69. The minimum absolute atomic E-state index is 0.0572. The SMILES string of the molecule is CCO[Si](NC1CCCC1)(OCC)C(C)(C)C. The van der Waals surface area contributed by atoms with Gasteiger partial charge in [0, 0.05) is 24.3 Å². The van der Waals surface area contributed by atoms with Gasteiger partial charge < -0.3 is 8.85 Å². The van der Waals surface area contributed by atoms with E-state index < -0.39 is 8.72 Å². The van der Waals surface area contributed by atoms with Crippen LogP contribution in [-0.2, 0) is 8.85 Å². The molecule has 0 aromatic heterocycles. The van der Waals surface area contributed by atoms with Crippen molar-refractivity contribution in [1.29, 1.82) is 0 Å². The minimum Gasteiger partial charge on any atom is -0.383 e. The smallest absolute Gasteiger partial charge is 0.383 e. The zero-order chi connectivity index (χ0) is 12.9. The van der Waals surface area contributed by atoms with E-state index in [1.807, 2.05) is 0 Å². The van der Waals surface area contributed by atoms with Crippen molar-refractivity contribution in [2.45, 2.75) is 71.4 Å². The maximum absolute atomic E-state index is 6.10. The Balaban J connectivity index is 2.80. The van der Waals surface area contributed by atoms with Gasteiger partial charge in [0.05, 0.1) is 0 Å². The summed E-state index contributed by atoms with van der Waals surface area (Å²) in [6.07, 6.45) is 5.21. The van der Waals surface area contributed by atoms with E-state index >= 15 is 0 Å². The van der Waals surface area contributed by atoms with Crippen molar-refractivity contribution in [3.05, 3.63) is 0 Å². The molecule has 0 heterocycles. The molecular weight excluding hydrogens is 230 g/mol. The van der Waals surface area contributed by atoms with Crippen LogP contribution >= 0.6 is 0 Å². The molecule has 1 fully saturated rings. The van der Waals surface area contributed by atoms with Gasteiger partial charge in [-0.15, -0.1) is 0 Å². The monoisotopic (exact) mass is 259 g/mol. The highest BCUT2D eigenvalue weighted by Gasteiger charge is 2.51. The van der Waals surface area contributed by atoms with E-state index in [-0.39, 0.29) is 5.04 Å². The lowest BCUT2D eigenvalue weighted by molar-refractivity contribution is 0.144. The van der Waals surface area contributed by atoms with E-state index in [0.717, 1.165) is 13.2 Å². The summed E-state index contributed by atoms with van der Waals surface area (Å²) in [5.41, 5.74) is 0. The largest absolute Gasteiger partial charge is 0.430 e. The molecule has 0 aromatic rings. The molecule has 4 heteroatoms. The third kappa shape index (κ3) is 3.78. The van der Waals surface area contributed by atoms with Crippen LogP contribution in [0.3, 0.4) is 0 Å². The highest BCUT2D eigenvalue weighted by atomic mass is 28.4. The van der Waals surface area contributed by atoms with Gasteiger partial charge in [0.25, 0.3) is 0 Å². The molecule has 0 aromatic carbocycles. The summed E-state index contributed by atoms with van der Waals surface area (Å²) in [5, 5.41) is 0.0572. The minimum atomic E-state index is -2.31. The molecule has 0 spiro atoms. The summed E-state index contributed by atoms with van der Waals surface area (Å²) < 4.78 is 12.2. The fourth-order valence-electron chi connectivity index (χ4n) is 2.52. The molecule has 0 bridgehead atoms. The van der Waals surface area contributed by atoms with E-state index in [2.05, 4.69) is 39.6 Å². The lowest BCUT2D eigenvalue weighted by Gasteiger charge is -2.42. The number of nitrogens with one attached hydrogen (secondary N) is 1. The van der Waals surface area contributed by atoms with Gasteiger partial charge >= 0.3 is 8.72 Å².